The summed E-state index contributed by atoms with van der Waals surface area (Å²) in [7, 11) is 0. The van der Waals surface area contributed by atoms with Gasteiger partial charge in [0.15, 0.2) is 0 Å². The molecule has 0 aliphatic carbocycles. The van der Waals surface area contributed by atoms with Crippen molar-refractivity contribution in [3.05, 3.63) is 69.8 Å². The van der Waals surface area contributed by atoms with Crippen LogP contribution in [0.15, 0.2) is 47.3 Å². The summed E-state index contributed by atoms with van der Waals surface area (Å²) in [6.45, 7) is 12.6. The van der Waals surface area contributed by atoms with Crippen LogP contribution in [0.3, 0.4) is 0 Å². The molecule has 1 atom stereocenters. The van der Waals surface area contributed by atoms with E-state index in [2.05, 4.69) is 13.0 Å². The monoisotopic (exact) mass is 419 g/mol. The van der Waals surface area contributed by atoms with E-state index < -0.39 is 0 Å². The van der Waals surface area contributed by atoms with E-state index in [0.29, 0.717) is 23.3 Å². The number of carbonyl (C=O) groups is 1. The molecule has 0 saturated carbocycles. The van der Waals surface area contributed by atoms with Gasteiger partial charge in [0.1, 0.15) is 5.82 Å². The van der Waals surface area contributed by atoms with Gasteiger partial charge in [-0.05, 0) is 51.0 Å². The number of unbranched alkanes of at least 4 members (excludes halogenated alkanes) is 1. The van der Waals surface area contributed by atoms with Crippen LogP contribution in [-0.2, 0) is 4.79 Å². The summed E-state index contributed by atoms with van der Waals surface area (Å²) in [5.74, 6) is 0.553. The van der Waals surface area contributed by atoms with Crippen molar-refractivity contribution < 1.29 is 4.79 Å². The Morgan fingerprint density at radius 1 is 1.10 bits per heavy atom. The summed E-state index contributed by atoms with van der Waals surface area (Å²) in [4.78, 5) is 33.5. The molecule has 2 aromatic carbocycles. The molecule has 0 spiro atoms. The number of aromatic nitrogens is 2. The van der Waals surface area contributed by atoms with E-state index in [4.69, 9.17) is 4.98 Å². The van der Waals surface area contributed by atoms with Crippen LogP contribution in [0.2, 0.25) is 0 Å². The second-order valence-corrected chi connectivity index (χ2v) is 8.63. The van der Waals surface area contributed by atoms with E-state index in [1.54, 1.807) is 4.57 Å². The topological polar surface area (TPSA) is 55.2 Å². The zero-order valence-corrected chi connectivity index (χ0v) is 19.5. The normalized spacial score (nSPS) is 12.4. The third kappa shape index (κ3) is 4.55. The van der Waals surface area contributed by atoms with E-state index >= 15 is 0 Å². The molecular formula is C26H33N3O2. The van der Waals surface area contributed by atoms with Gasteiger partial charge in [0.25, 0.3) is 5.56 Å². The number of nitrogens with zero attached hydrogens (tertiary/aromatic N) is 3. The second kappa shape index (κ2) is 9.46. The van der Waals surface area contributed by atoms with Crippen LogP contribution < -0.4 is 5.56 Å². The molecule has 0 bridgehead atoms. The largest absolute Gasteiger partial charge is 0.333 e. The maximum absolute atomic E-state index is 13.7. The standard InChI is InChI=1S/C26H33N3O2/c1-7-8-15-28(25(30)17(2)3)20(6)24-27-22-12-10-9-11-21(22)26(31)29(24)23-14-13-18(4)16-19(23)5/h9-14,16-17,20H,7-8,15H2,1-6H3. The van der Waals surface area contributed by atoms with Crippen molar-refractivity contribution in [3.63, 3.8) is 0 Å². The molecule has 0 N–H and O–H groups in total. The fourth-order valence-corrected chi connectivity index (χ4v) is 4.01. The predicted octanol–water partition coefficient (Wildman–Crippen LogP) is 5.35. The van der Waals surface area contributed by atoms with Crippen LogP contribution in [0, 0.1) is 19.8 Å². The predicted molar refractivity (Wildman–Crippen MR) is 127 cm³/mol. The lowest BCUT2D eigenvalue weighted by Crippen LogP contribution is -2.40. The van der Waals surface area contributed by atoms with E-state index in [9.17, 15) is 9.59 Å². The molecule has 3 rings (SSSR count). The first-order valence-corrected chi connectivity index (χ1v) is 11.2. The molecule has 1 amide bonds. The highest BCUT2D eigenvalue weighted by atomic mass is 16.2. The summed E-state index contributed by atoms with van der Waals surface area (Å²) in [5, 5.41) is 0.578. The summed E-state index contributed by atoms with van der Waals surface area (Å²) in [5.41, 5.74) is 3.50. The van der Waals surface area contributed by atoms with Gasteiger partial charge in [-0.2, -0.15) is 0 Å². The Morgan fingerprint density at radius 3 is 2.45 bits per heavy atom. The number of aryl methyl sites for hydroxylation is 2. The molecule has 1 heterocycles. The van der Waals surface area contributed by atoms with Crippen molar-refractivity contribution in [1.82, 2.24) is 14.5 Å². The molecule has 3 aromatic rings. The van der Waals surface area contributed by atoms with Gasteiger partial charge in [-0.15, -0.1) is 0 Å². The van der Waals surface area contributed by atoms with Crippen LogP contribution in [-0.4, -0.2) is 26.9 Å². The van der Waals surface area contributed by atoms with Gasteiger partial charge in [0, 0.05) is 12.5 Å². The number of benzene rings is 2. The molecule has 0 aliphatic rings. The average Bonchev–Trinajstić information content (AvgIpc) is 2.74. The summed E-state index contributed by atoms with van der Waals surface area (Å²) in [6.07, 6.45) is 1.90. The van der Waals surface area contributed by atoms with Crippen LogP contribution in [0.25, 0.3) is 16.6 Å². The maximum atomic E-state index is 13.7. The van der Waals surface area contributed by atoms with Gasteiger partial charge in [0.2, 0.25) is 5.91 Å². The van der Waals surface area contributed by atoms with Gasteiger partial charge in [-0.1, -0.05) is 57.0 Å². The van der Waals surface area contributed by atoms with Gasteiger partial charge in [-0.25, -0.2) is 4.98 Å². The number of fused-ring (bicyclic) bond motifs is 1. The number of hydrogen-bond donors (Lipinski definition) is 0. The van der Waals surface area contributed by atoms with E-state index in [1.165, 1.54) is 0 Å². The smallest absolute Gasteiger partial charge is 0.266 e. The zero-order valence-electron chi connectivity index (χ0n) is 19.5. The molecule has 0 fully saturated rings. The van der Waals surface area contributed by atoms with Gasteiger partial charge >= 0.3 is 0 Å². The molecule has 5 heteroatoms. The first-order valence-electron chi connectivity index (χ1n) is 11.2. The van der Waals surface area contributed by atoms with Crippen molar-refractivity contribution >= 4 is 16.8 Å². The maximum Gasteiger partial charge on any atom is 0.266 e. The molecule has 1 aromatic heterocycles. The van der Waals surface area contributed by atoms with Crippen molar-refractivity contribution in [2.75, 3.05) is 6.54 Å². The highest BCUT2D eigenvalue weighted by molar-refractivity contribution is 5.80. The molecule has 1 unspecified atom stereocenters. The molecule has 0 aliphatic heterocycles. The number of hydrogen-bond acceptors (Lipinski definition) is 3. The Kier molecular flexibility index (Phi) is 6.94. The van der Waals surface area contributed by atoms with Gasteiger partial charge < -0.3 is 4.90 Å². The third-order valence-electron chi connectivity index (χ3n) is 5.77. The molecule has 164 valence electrons. The lowest BCUT2D eigenvalue weighted by atomic mass is 10.1. The Labute approximate surface area is 184 Å². The quantitative estimate of drug-likeness (QED) is 0.519. The Morgan fingerprint density at radius 2 is 1.81 bits per heavy atom. The minimum absolute atomic E-state index is 0.0792. The molecule has 31 heavy (non-hydrogen) atoms. The highest BCUT2D eigenvalue weighted by Crippen LogP contribution is 2.26. The number of amides is 1. The summed E-state index contributed by atoms with van der Waals surface area (Å²) in [6, 6.07) is 13.1. The van der Waals surface area contributed by atoms with Crippen molar-refractivity contribution in [1.29, 1.82) is 0 Å². The van der Waals surface area contributed by atoms with E-state index in [1.807, 2.05) is 75.9 Å². The first kappa shape index (κ1) is 22.7. The van der Waals surface area contributed by atoms with E-state index in [0.717, 1.165) is 29.7 Å². The minimum atomic E-state index is -0.334. The molecule has 0 saturated heterocycles. The lowest BCUT2D eigenvalue weighted by Gasteiger charge is -2.32. The Bertz CT molecular complexity index is 1150. The first-order chi connectivity index (χ1) is 14.8. The van der Waals surface area contributed by atoms with Crippen LogP contribution >= 0.6 is 0 Å². The summed E-state index contributed by atoms with van der Waals surface area (Å²) < 4.78 is 1.70. The van der Waals surface area contributed by atoms with Crippen LogP contribution in [0.4, 0.5) is 0 Å². The van der Waals surface area contributed by atoms with Gasteiger partial charge in [-0.3, -0.25) is 14.2 Å². The fraction of sp³-hybridized carbons (Fsp3) is 0.423. The number of para-hydroxylation sites is 1. The van der Waals surface area contributed by atoms with Crippen LogP contribution in [0.1, 0.15) is 63.5 Å². The summed E-state index contributed by atoms with van der Waals surface area (Å²) >= 11 is 0. The minimum Gasteiger partial charge on any atom is -0.333 e. The lowest BCUT2D eigenvalue weighted by molar-refractivity contribution is -0.137. The highest BCUT2D eigenvalue weighted by Gasteiger charge is 2.28. The van der Waals surface area contributed by atoms with Crippen molar-refractivity contribution in [2.24, 2.45) is 5.92 Å². The molecule has 0 radical (unpaired) electrons. The Hall–Kier alpha value is -2.95. The second-order valence-electron chi connectivity index (χ2n) is 8.63. The number of rotatable bonds is 7. The average molecular weight is 420 g/mol. The zero-order chi connectivity index (χ0) is 22.7. The molecular weight excluding hydrogens is 386 g/mol. The van der Waals surface area contributed by atoms with Crippen LogP contribution in [0.5, 0.6) is 0 Å². The number of carbonyl (C=O) groups excluding carboxylic acids is 1. The van der Waals surface area contributed by atoms with Gasteiger partial charge in [0.05, 0.1) is 22.6 Å². The van der Waals surface area contributed by atoms with E-state index in [-0.39, 0.29) is 23.4 Å². The third-order valence-corrected chi connectivity index (χ3v) is 5.77. The SMILES string of the molecule is CCCCN(C(=O)C(C)C)C(C)c1nc2ccccc2c(=O)n1-c1ccc(C)cc1C. The van der Waals surface area contributed by atoms with Crippen molar-refractivity contribution in [2.45, 2.75) is 60.4 Å². The Balaban J connectivity index is 2.29. The van der Waals surface area contributed by atoms with Crippen molar-refractivity contribution in [3.8, 4) is 5.69 Å². The molecule has 5 nitrogen and oxygen atoms in total. The fourth-order valence-electron chi connectivity index (χ4n) is 4.01.